The lowest BCUT2D eigenvalue weighted by Crippen LogP contribution is -2.12. The molecule has 0 radical (unpaired) electrons. The van der Waals surface area contributed by atoms with Gasteiger partial charge < -0.3 is 15.5 Å². The summed E-state index contributed by atoms with van der Waals surface area (Å²) in [5.74, 6) is -0.777. The van der Waals surface area contributed by atoms with Crippen molar-refractivity contribution in [1.29, 1.82) is 0 Å². The van der Waals surface area contributed by atoms with Gasteiger partial charge in [-0.25, -0.2) is 0 Å². The van der Waals surface area contributed by atoms with Crippen molar-refractivity contribution >= 4 is 22.5 Å². The number of carbonyl (C=O) groups is 1. The largest absolute Gasteiger partial charge is 0.508 e. The predicted octanol–water partition coefficient (Wildman–Crippen LogP) is 2.90. The van der Waals surface area contributed by atoms with Gasteiger partial charge in [-0.1, -0.05) is 6.07 Å². The van der Waals surface area contributed by atoms with Gasteiger partial charge in [-0.15, -0.1) is 0 Å². The van der Waals surface area contributed by atoms with Gasteiger partial charge in [0.1, 0.15) is 11.5 Å². The van der Waals surface area contributed by atoms with E-state index >= 15 is 0 Å². The van der Waals surface area contributed by atoms with E-state index in [9.17, 15) is 15.0 Å². The van der Waals surface area contributed by atoms with Crippen LogP contribution in [0.15, 0.2) is 54.7 Å². The van der Waals surface area contributed by atoms with E-state index in [1.165, 1.54) is 18.2 Å². The smallest absolute Gasteiger partial charge is 0.259 e. The lowest BCUT2D eigenvalue weighted by Gasteiger charge is -2.09. The SMILES string of the molecule is O=C(Nc1cccc2ncccc12)c1cc(O)ccc1O. The molecule has 0 atom stereocenters. The van der Waals surface area contributed by atoms with Gasteiger partial charge in [-0.2, -0.15) is 0 Å². The van der Waals surface area contributed by atoms with Crippen LogP contribution in [-0.2, 0) is 0 Å². The van der Waals surface area contributed by atoms with Crippen LogP contribution in [0.4, 0.5) is 5.69 Å². The maximum Gasteiger partial charge on any atom is 0.259 e. The highest BCUT2D eigenvalue weighted by molar-refractivity contribution is 6.10. The molecule has 0 aliphatic heterocycles. The molecule has 3 aromatic rings. The molecule has 21 heavy (non-hydrogen) atoms. The third-order valence-corrected chi connectivity index (χ3v) is 3.12. The number of anilines is 1. The molecule has 0 aliphatic rings. The first-order valence-corrected chi connectivity index (χ1v) is 6.32. The van der Waals surface area contributed by atoms with Crippen molar-refractivity contribution in [3.8, 4) is 11.5 Å². The standard InChI is InChI=1S/C16H12N2O3/c19-10-6-7-15(20)12(9-10)16(21)18-14-5-1-4-13-11(14)3-2-8-17-13/h1-9,19-20H,(H,18,21). The Morgan fingerprint density at radius 1 is 1.05 bits per heavy atom. The highest BCUT2D eigenvalue weighted by Gasteiger charge is 2.13. The fraction of sp³-hybridized carbons (Fsp3) is 0. The predicted molar refractivity (Wildman–Crippen MR) is 79.5 cm³/mol. The first kappa shape index (κ1) is 12.9. The molecular formula is C16H12N2O3. The molecule has 5 nitrogen and oxygen atoms in total. The van der Waals surface area contributed by atoms with Crippen molar-refractivity contribution < 1.29 is 15.0 Å². The molecule has 1 aromatic heterocycles. The van der Waals surface area contributed by atoms with Gasteiger partial charge in [0.15, 0.2) is 0 Å². The van der Waals surface area contributed by atoms with E-state index in [0.29, 0.717) is 5.69 Å². The van der Waals surface area contributed by atoms with Gasteiger partial charge in [-0.3, -0.25) is 9.78 Å². The average Bonchev–Trinajstić information content (AvgIpc) is 2.50. The summed E-state index contributed by atoms with van der Waals surface area (Å²) in [6, 6.07) is 12.8. The lowest BCUT2D eigenvalue weighted by molar-refractivity contribution is 0.102. The van der Waals surface area contributed by atoms with Gasteiger partial charge in [0.05, 0.1) is 16.8 Å². The lowest BCUT2D eigenvalue weighted by atomic mass is 10.1. The fourth-order valence-electron chi connectivity index (χ4n) is 2.11. The van der Waals surface area contributed by atoms with Crippen molar-refractivity contribution in [2.45, 2.75) is 0 Å². The topological polar surface area (TPSA) is 82.5 Å². The molecule has 0 spiro atoms. The highest BCUT2D eigenvalue weighted by atomic mass is 16.3. The molecule has 3 rings (SSSR count). The third kappa shape index (κ3) is 2.49. The Morgan fingerprint density at radius 3 is 2.76 bits per heavy atom. The van der Waals surface area contributed by atoms with Crippen LogP contribution in [0, 0.1) is 0 Å². The second-order valence-electron chi connectivity index (χ2n) is 4.53. The number of benzene rings is 2. The monoisotopic (exact) mass is 280 g/mol. The Kier molecular flexibility index (Phi) is 3.16. The Labute approximate surface area is 120 Å². The Morgan fingerprint density at radius 2 is 1.90 bits per heavy atom. The number of phenols is 2. The van der Waals surface area contributed by atoms with Crippen molar-refractivity contribution in [1.82, 2.24) is 4.98 Å². The number of phenolic OH excluding ortho intramolecular Hbond substituents is 2. The third-order valence-electron chi connectivity index (χ3n) is 3.12. The van der Waals surface area contributed by atoms with Crippen LogP contribution < -0.4 is 5.32 Å². The quantitative estimate of drug-likeness (QED) is 0.630. The molecule has 2 aromatic carbocycles. The molecule has 104 valence electrons. The molecule has 0 fully saturated rings. The van der Waals surface area contributed by atoms with Crippen molar-refractivity contribution in [3.05, 3.63) is 60.3 Å². The number of nitrogens with one attached hydrogen (secondary N) is 1. The van der Waals surface area contributed by atoms with E-state index < -0.39 is 5.91 Å². The maximum atomic E-state index is 12.2. The zero-order chi connectivity index (χ0) is 14.8. The number of carbonyl (C=O) groups excluding carboxylic acids is 1. The van der Waals surface area contributed by atoms with Gasteiger partial charge in [0.2, 0.25) is 0 Å². The maximum absolute atomic E-state index is 12.2. The number of rotatable bonds is 2. The van der Waals surface area contributed by atoms with Crippen LogP contribution in [0.2, 0.25) is 0 Å². The first-order valence-electron chi connectivity index (χ1n) is 6.32. The van der Waals surface area contributed by atoms with Crippen LogP contribution >= 0.6 is 0 Å². The summed E-state index contributed by atoms with van der Waals surface area (Å²) in [6.45, 7) is 0. The summed E-state index contributed by atoms with van der Waals surface area (Å²) >= 11 is 0. The molecule has 1 heterocycles. The minimum Gasteiger partial charge on any atom is -0.508 e. The van der Waals surface area contributed by atoms with Gasteiger partial charge >= 0.3 is 0 Å². The van der Waals surface area contributed by atoms with E-state index in [0.717, 1.165) is 10.9 Å². The summed E-state index contributed by atoms with van der Waals surface area (Å²) in [5, 5.41) is 22.7. The Bertz CT molecular complexity index is 825. The zero-order valence-electron chi connectivity index (χ0n) is 10.9. The normalized spacial score (nSPS) is 10.5. The molecule has 0 bridgehead atoms. The van der Waals surface area contributed by atoms with Crippen LogP contribution in [0.25, 0.3) is 10.9 Å². The van der Waals surface area contributed by atoms with E-state index in [1.54, 1.807) is 24.4 Å². The van der Waals surface area contributed by atoms with Gasteiger partial charge in [0.25, 0.3) is 5.91 Å². The van der Waals surface area contributed by atoms with Gasteiger partial charge in [-0.05, 0) is 42.5 Å². The second-order valence-corrected chi connectivity index (χ2v) is 4.53. The van der Waals surface area contributed by atoms with Crippen LogP contribution in [0.1, 0.15) is 10.4 Å². The number of hydrogen-bond acceptors (Lipinski definition) is 4. The number of nitrogens with zero attached hydrogens (tertiary/aromatic N) is 1. The van der Waals surface area contributed by atoms with E-state index in [2.05, 4.69) is 10.3 Å². The second kappa shape index (κ2) is 5.13. The summed E-state index contributed by atoms with van der Waals surface area (Å²) in [4.78, 5) is 16.4. The number of fused-ring (bicyclic) bond motifs is 1. The number of hydrogen-bond donors (Lipinski definition) is 3. The summed E-state index contributed by atoms with van der Waals surface area (Å²) in [6.07, 6.45) is 1.68. The number of pyridine rings is 1. The van der Waals surface area contributed by atoms with Gasteiger partial charge in [0, 0.05) is 11.6 Å². The van der Waals surface area contributed by atoms with Crippen LogP contribution in [0.5, 0.6) is 11.5 Å². The van der Waals surface area contributed by atoms with E-state index in [1.807, 2.05) is 12.1 Å². The molecule has 1 amide bonds. The summed E-state index contributed by atoms with van der Waals surface area (Å²) < 4.78 is 0. The Balaban J connectivity index is 1.99. The molecule has 0 aliphatic carbocycles. The van der Waals surface area contributed by atoms with Crippen molar-refractivity contribution in [2.75, 3.05) is 5.32 Å². The van der Waals surface area contributed by atoms with Crippen molar-refractivity contribution in [3.63, 3.8) is 0 Å². The van der Waals surface area contributed by atoms with E-state index in [-0.39, 0.29) is 17.1 Å². The van der Waals surface area contributed by atoms with Crippen molar-refractivity contribution in [2.24, 2.45) is 0 Å². The average molecular weight is 280 g/mol. The Hall–Kier alpha value is -3.08. The molecular weight excluding hydrogens is 268 g/mol. The highest BCUT2D eigenvalue weighted by Crippen LogP contribution is 2.25. The number of amides is 1. The number of aromatic hydroxyl groups is 2. The minimum absolute atomic E-state index is 0.0101. The summed E-state index contributed by atoms with van der Waals surface area (Å²) in [5.41, 5.74) is 1.36. The van der Waals surface area contributed by atoms with E-state index in [4.69, 9.17) is 0 Å². The zero-order valence-corrected chi connectivity index (χ0v) is 10.9. The van der Waals surface area contributed by atoms with Crippen LogP contribution in [-0.4, -0.2) is 21.1 Å². The molecule has 3 N–H and O–H groups in total. The fourth-order valence-corrected chi connectivity index (χ4v) is 2.11. The summed E-state index contributed by atoms with van der Waals surface area (Å²) in [7, 11) is 0. The number of aromatic nitrogens is 1. The first-order chi connectivity index (χ1) is 10.1. The molecule has 0 saturated heterocycles. The molecule has 5 heteroatoms. The van der Waals surface area contributed by atoms with Crippen LogP contribution in [0.3, 0.4) is 0 Å². The minimum atomic E-state index is -0.500. The molecule has 0 unspecified atom stereocenters. The molecule has 0 saturated carbocycles.